The summed E-state index contributed by atoms with van der Waals surface area (Å²) in [5, 5.41) is 0.524. The fourth-order valence-electron chi connectivity index (χ4n) is 2.22. The molecule has 0 bridgehead atoms. The minimum Gasteiger partial charge on any atom is -0.381 e. The maximum absolute atomic E-state index is 6.02. The van der Waals surface area contributed by atoms with Gasteiger partial charge >= 0.3 is 0 Å². The predicted octanol–water partition coefficient (Wildman–Crippen LogP) is 2.56. The summed E-state index contributed by atoms with van der Waals surface area (Å²) < 4.78 is 5.38. The normalized spacial score (nSPS) is 16.8. The Balaban J connectivity index is 2.02. The van der Waals surface area contributed by atoms with Crippen molar-refractivity contribution in [1.29, 1.82) is 0 Å². The molecule has 0 radical (unpaired) electrons. The molecule has 0 amide bonds. The van der Waals surface area contributed by atoms with Gasteiger partial charge in [0.25, 0.3) is 0 Å². The Morgan fingerprint density at radius 2 is 2.11 bits per heavy atom. The van der Waals surface area contributed by atoms with Crippen LogP contribution in [-0.2, 0) is 11.2 Å². The van der Waals surface area contributed by atoms with E-state index in [1.54, 1.807) is 0 Å². The van der Waals surface area contributed by atoms with Crippen LogP contribution in [0.2, 0.25) is 5.15 Å². The molecular formula is C13H20ClN3O. The average molecular weight is 270 g/mol. The van der Waals surface area contributed by atoms with E-state index in [1.807, 2.05) is 13.0 Å². The molecule has 1 aromatic heterocycles. The van der Waals surface area contributed by atoms with E-state index >= 15 is 0 Å². The number of anilines is 1. The van der Waals surface area contributed by atoms with Crippen molar-refractivity contribution in [2.45, 2.75) is 26.2 Å². The van der Waals surface area contributed by atoms with Gasteiger partial charge in [-0.1, -0.05) is 18.5 Å². The Bertz CT molecular complexity index is 394. The molecule has 0 atom stereocenters. The quantitative estimate of drug-likeness (QED) is 0.788. The van der Waals surface area contributed by atoms with Crippen molar-refractivity contribution in [2.75, 3.05) is 31.7 Å². The zero-order valence-electron chi connectivity index (χ0n) is 11.0. The second-order valence-electron chi connectivity index (χ2n) is 4.75. The summed E-state index contributed by atoms with van der Waals surface area (Å²) in [7, 11) is 2.06. The van der Waals surface area contributed by atoms with Crippen molar-refractivity contribution in [3.63, 3.8) is 0 Å². The lowest BCUT2D eigenvalue weighted by atomic mass is 10.00. The van der Waals surface area contributed by atoms with Crippen LogP contribution in [0.15, 0.2) is 6.07 Å². The van der Waals surface area contributed by atoms with E-state index in [4.69, 9.17) is 16.3 Å². The zero-order chi connectivity index (χ0) is 13.0. The molecule has 5 heteroatoms. The highest BCUT2D eigenvalue weighted by molar-refractivity contribution is 6.29. The molecule has 1 saturated heterocycles. The van der Waals surface area contributed by atoms with Crippen LogP contribution in [0.3, 0.4) is 0 Å². The summed E-state index contributed by atoms with van der Waals surface area (Å²) in [6.07, 6.45) is 3.06. The van der Waals surface area contributed by atoms with E-state index in [0.717, 1.165) is 50.7 Å². The van der Waals surface area contributed by atoms with Gasteiger partial charge in [-0.3, -0.25) is 0 Å². The molecule has 0 aliphatic carbocycles. The molecule has 1 aliphatic heterocycles. The lowest BCUT2D eigenvalue weighted by Gasteiger charge is -2.27. The van der Waals surface area contributed by atoms with Crippen molar-refractivity contribution in [1.82, 2.24) is 9.97 Å². The van der Waals surface area contributed by atoms with Crippen LogP contribution in [0.5, 0.6) is 0 Å². The highest BCUT2D eigenvalue weighted by Gasteiger charge is 2.17. The van der Waals surface area contributed by atoms with E-state index < -0.39 is 0 Å². The van der Waals surface area contributed by atoms with Gasteiger partial charge in [0.2, 0.25) is 0 Å². The molecule has 2 heterocycles. The molecule has 0 spiro atoms. The van der Waals surface area contributed by atoms with Crippen LogP contribution >= 0.6 is 11.6 Å². The number of hydrogen-bond donors (Lipinski definition) is 0. The standard InChI is InChI=1S/C13H20ClN3O/c1-3-12-15-11(14)8-13(16-12)17(2)9-10-4-6-18-7-5-10/h8,10H,3-7,9H2,1-2H3. The van der Waals surface area contributed by atoms with Gasteiger partial charge in [-0.2, -0.15) is 0 Å². The monoisotopic (exact) mass is 269 g/mol. The number of ether oxygens (including phenoxy) is 1. The second kappa shape index (κ2) is 6.34. The topological polar surface area (TPSA) is 38.2 Å². The third kappa shape index (κ3) is 3.56. The molecule has 1 aromatic rings. The minimum absolute atomic E-state index is 0.524. The van der Waals surface area contributed by atoms with E-state index in [1.165, 1.54) is 0 Å². The summed E-state index contributed by atoms with van der Waals surface area (Å²) in [4.78, 5) is 10.9. The molecule has 100 valence electrons. The van der Waals surface area contributed by atoms with Crippen molar-refractivity contribution < 1.29 is 4.74 Å². The summed E-state index contributed by atoms with van der Waals surface area (Å²) in [6, 6.07) is 1.83. The first kappa shape index (κ1) is 13.6. The smallest absolute Gasteiger partial charge is 0.134 e. The maximum Gasteiger partial charge on any atom is 0.134 e. The van der Waals surface area contributed by atoms with Crippen LogP contribution in [-0.4, -0.2) is 36.8 Å². The van der Waals surface area contributed by atoms with Crippen LogP contribution in [0.4, 0.5) is 5.82 Å². The van der Waals surface area contributed by atoms with E-state index in [9.17, 15) is 0 Å². The van der Waals surface area contributed by atoms with Gasteiger partial charge in [0, 0.05) is 39.3 Å². The SMILES string of the molecule is CCc1nc(Cl)cc(N(C)CC2CCOCC2)n1. The number of hydrogen-bond acceptors (Lipinski definition) is 4. The highest BCUT2D eigenvalue weighted by Crippen LogP contribution is 2.20. The fourth-order valence-corrected chi connectivity index (χ4v) is 2.41. The number of aryl methyl sites for hydroxylation is 1. The Kier molecular flexibility index (Phi) is 4.78. The van der Waals surface area contributed by atoms with E-state index in [-0.39, 0.29) is 0 Å². The van der Waals surface area contributed by atoms with Gasteiger partial charge in [0.15, 0.2) is 0 Å². The van der Waals surface area contributed by atoms with E-state index in [0.29, 0.717) is 11.1 Å². The predicted molar refractivity (Wildman–Crippen MR) is 73.2 cm³/mol. The van der Waals surface area contributed by atoms with Crippen molar-refractivity contribution in [3.8, 4) is 0 Å². The Labute approximate surface area is 113 Å². The molecule has 0 unspecified atom stereocenters. The van der Waals surface area contributed by atoms with Gasteiger partial charge in [-0.25, -0.2) is 9.97 Å². The van der Waals surface area contributed by atoms with Gasteiger partial charge < -0.3 is 9.64 Å². The van der Waals surface area contributed by atoms with Crippen LogP contribution < -0.4 is 4.90 Å². The van der Waals surface area contributed by atoms with Crippen molar-refractivity contribution in [2.24, 2.45) is 5.92 Å². The maximum atomic E-state index is 6.02. The van der Waals surface area contributed by atoms with Crippen LogP contribution in [0.25, 0.3) is 0 Å². The largest absolute Gasteiger partial charge is 0.381 e. The average Bonchev–Trinajstić information content (AvgIpc) is 2.39. The summed E-state index contributed by atoms with van der Waals surface area (Å²) in [6.45, 7) is 4.79. The third-order valence-electron chi connectivity index (χ3n) is 3.31. The fraction of sp³-hybridized carbons (Fsp3) is 0.692. The third-order valence-corrected chi connectivity index (χ3v) is 3.50. The van der Waals surface area contributed by atoms with Crippen molar-refractivity contribution in [3.05, 3.63) is 17.0 Å². The first-order chi connectivity index (χ1) is 8.69. The van der Waals surface area contributed by atoms with Gasteiger partial charge in [-0.15, -0.1) is 0 Å². The second-order valence-corrected chi connectivity index (χ2v) is 5.14. The summed E-state index contributed by atoms with van der Waals surface area (Å²) >= 11 is 6.02. The summed E-state index contributed by atoms with van der Waals surface area (Å²) in [5.41, 5.74) is 0. The van der Waals surface area contributed by atoms with Crippen molar-refractivity contribution >= 4 is 17.4 Å². The number of aromatic nitrogens is 2. The lowest BCUT2D eigenvalue weighted by Crippen LogP contribution is -2.30. The Morgan fingerprint density at radius 1 is 1.39 bits per heavy atom. The molecule has 1 aliphatic rings. The summed E-state index contributed by atoms with van der Waals surface area (Å²) in [5.74, 6) is 2.40. The molecule has 18 heavy (non-hydrogen) atoms. The van der Waals surface area contributed by atoms with Gasteiger partial charge in [0.05, 0.1) is 0 Å². The molecule has 1 fully saturated rings. The molecule has 4 nitrogen and oxygen atoms in total. The van der Waals surface area contributed by atoms with Crippen LogP contribution in [0, 0.1) is 5.92 Å². The molecule has 0 aromatic carbocycles. The Morgan fingerprint density at radius 3 is 2.78 bits per heavy atom. The van der Waals surface area contributed by atoms with Gasteiger partial charge in [-0.05, 0) is 18.8 Å². The first-order valence-electron chi connectivity index (χ1n) is 6.51. The Hall–Kier alpha value is -0.870. The molecule has 0 saturated carbocycles. The number of halogens is 1. The lowest BCUT2D eigenvalue weighted by molar-refractivity contribution is 0.0685. The van der Waals surface area contributed by atoms with E-state index in [2.05, 4.69) is 21.9 Å². The number of nitrogens with zero attached hydrogens (tertiary/aromatic N) is 3. The minimum atomic E-state index is 0.524. The highest BCUT2D eigenvalue weighted by atomic mass is 35.5. The zero-order valence-corrected chi connectivity index (χ0v) is 11.8. The van der Waals surface area contributed by atoms with Crippen LogP contribution in [0.1, 0.15) is 25.6 Å². The first-order valence-corrected chi connectivity index (χ1v) is 6.89. The molecular weight excluding hydrogens is 250 g/mol. The molecule has 0 N–H and O–H groups in total. The van der Waals surface area contributed by atoms with Gasteiger partial charge in [0.1, 0.15) is 16.8 Å². The molecule has 2 rings (SSSR count). The number of rotatable bonds is 4.